The van der Waals surface area contributed by atoms with Gasteiger partial charge in [-0.15, -0.1) is 0 Å². The number of hydrogen-bond donors (Lipinski definition) is 0. The van der Waals surface area contributed by atoms with Crippen molar-refractivity contribution in [1.29, 1.82) is 0 Å². The number of para-hydroxylation sites is 1. The molecule has 1 aromatic heterocycles. The summed E-state index contributed by atoms with van der Waals surface area (Å²) in [6, 6.07) is 15.4. The monoisotopic (exact) mass is 385 g/mol. The zero-order valence-corrected chi connectivity index (χ0v) is 15.6. The predicted molar refractivity (Wildman–Crippen MR) is 102 cm³/mol. The summed E-state index contributed by atoms with van der Waals surface area (Å²) in [5.41, 5.74) is 1.40. The lowest BCUT2D eigenvalue weighted by molar-refractivity contribution is 0.181. The molecule has 2 aromatic carbocycles. The second kappa shape index (κ2) is 7.34. The number of hydrogen-bond acceptors (Lipinski definition) is 4. The molecule has 0 N–H and O–H groups in total. The Hall–Kier alpha value is -2.35. The van der Waals surface area contributed by atoms with Crippen molar-refractivity contribution >= 4 is 20.9 Å². The molecule has 5 nitrogen and oxygen atoms in total. The molecule has 4 rings (SSSR count). The molecular weight excluding hydrogens is 365 g/mol. The van der Waals surface area contributed by atoms with E-state index in [4.69, 9.17) is 0 Å². The fourth-order valence-corrected chi connectivity index (χ4v) is 5.03. The Labute approximate surface area is 158 Å². The van der Waals surface area contributed by atoms with Crippen molar-refractivity contribution < 1.29 is 12.8 Å². The molecule has 7 heteroatoms. The van der Waals surface area contributed by atoms with Gasteiger partial charge in [-0.05, 0) is 29.8 Å². The van der Waals surface area contributed by atoms with Crippen LogP contribution in [0.1, 0.15) is 5.56 Å². The molecule has 0 spiro atoms. The van der Waals surface area contributed by atoms with Gasteiger partial charge in [-0.25, -0.2) is 12.8 Å². The highest BCUT2D eigenvalue weighted by Gasteiger charge is 2.30. The molecule has 0 unspecified atom stereocenters. The van der Waals surface area contributed by atoms with E-state index in [1.165, 1.54) is 16.4 Å². The molecular formula is C20H20FN3O2S. The molecule has 140 valence electrons. The number of aromatic nitrogens is 1. The van der Waals surface area contributed by atoms with Crippen LogP contribution in [0.4, 0.5) is 4.39 Å². The zero-order chi connectivity index (χ0) is 18.9. The van der Waals surface area contributed by atoms with Crippen molar-refractivity contribution in [2.45, 2.75) is 11.4 Å². The summed E-state index contributed by atoms with van der Waals surface area (Å²) in [5.74, 6) is -0.253. The topological polar surface area (TPSA) is 53.5 Å². The smallest absolute Gasteiger partial charge is 0.245 e. The van der Waals surface area contributed by atoms with Gasteiger partial charge in [-0.2, -0.15) is 4.31 Å². The first-order valence-electron chi connectivity index (χ1n) is 8.85. The van der Waals surface area contributed by atoms with Crippen LogP contribution in [0.3, 0.4) is 0 Å². The first-order valence-corrected chi connectivity index (χ1v) is 10.3. The minimum absolute atomic E-state index is 0.249. The summed E-state index contributed by atoms with van der Waals surface area (Å²) in [4.78, 5) is 6.66. The van der Waals surface area contributed by atoms with Crippen LogP contribution in [0, 0.1) is 5.82 Å². The normalized spacial score (nSPS) is 16.6. The van der Waals surface area contributed by atoms with Crippen LogP contribution in [0.15, 0.2) is 65.7 Å². The highest BCUT2D eigenvalue weighted by Crippen LogP contribution is 2.25. The van der Waals surface area contributed by atoms with E-state index >= 15 is 0 Å². The van der Waals surface area contributed by atoms with Gasteiger partial charge >= 0.3 is 0 Å². The lowest BCUT2D eigenvalue weighted by Gasteiger charge is -2.34. The number of rotatable bonds is 4. The number of piperazine rings is 1. The molecule has 0 saturated carbocycles. The highest BCUT2D eigenvalue weighted by molar-refractivity contribution is 7.89. The largest absolute Gasteiger partial charge is 0.296 e. The number of benzene rings is 2. The van der Waals surface area contributed by atoms with Crippen LogP contribution in [0.25, 0.3) is 10.9 Å². The third-order valence-electron chi connectivity index (χ3n) is 4.84. The third kappa shape index (κ3) is 3.71. The van der Waals surface area contributed by atoms with Crippen molar-refractivity contribution in [3.05, 3.63) is 72.2 Å². The molecule has 1 aliphatic rings. The van der Waals surface area contributed by atoms with Gasteiger partial charge in [-0.3, -0.25) is 9.88 Å². The molecule has 1 aliphatic heterocycles. The van der Waals surface area contributed by atoms with Crippen LogP contribution >= 0.6 is 0 Å². The Morgan fingerprint density at radius 3 is 2.48 bits per heavy atom. The van der Waals surface area contributed by atoms with Crippen LogP contribution in [-0.2, 0) is 16.6 Å². The van der Waals surface area contributed by atoms with Crippen molar-refractivity contribution in [1.82, 2.24) is 14.2 Å². The molecule has 27 heavy (non-hydrogen) atoms. The van der Waals surface area contributed by atoms with E-state index in [0.29, 0.717) is 38.2 Å². The van der Waals surface area contributed by atoms with E-state index in [0.717, 1.165) is 10.9 Å². The highest BCUT2D eigenvalue weighted by atomic mass is 32.2. The zero-order valence-electron chi connectivity index (χ0n) is 14.8. The van der Waals surface area contributed by atoms with Gasteiger partial charge in [0.25, 0.3) is 0 Å². The predicted octanol–water partition coefficient (Wildman–Crippen LogP) is 2.88. The number of fused-ring (bicyclic) bond motifs is 1. The minimum atomic E-state index is -3.61. The lowest BCUT2D eigenvalue weighted by atomic mass is 10.2. The average Bonchev–Trinajstić information content (AvgIpc) is 2.68. The summed E-state index contributed by atoms with van der Waals surface area (Å²) >= 11 is 0. The Bertz CT molecular complexity index is 1060. The van der Waals surface area contributed by atoms with Gasteiger partial charge in [-0.1, -0.05) is 30.3 Å². The van der Waals surface area contributed by atoms with Gasteiger partial charge in [0.15, 0.2) is 0 Å². The molecule has 1 fully saturated rings. The second-order valence-corrected chi connectivity index (χ2v) is 8.55. The molecule has 0 aliphatic carbocycles. The number of nitrogens with zero attached hydrogens (tertiary/aromatic N) is 3. The van der Waals surface area contributed by atoms with Gasteiger partial charge in [0.2, 0.25) is 10.0 Å². The van der Waals surface area contributed by atoms with Crippen molar-refractivity contribution in [3.63, 3.8) is 0 Å². The van der Waals surface area contributed by atoms with Crippen LogP contribution in [0.2, 0.25) is 0 Å². The van der Waals surface area contributed by atoms with Gasteiger partial charge in [0.05, 0.1) is 5.52 Å². The lowest BCUT2D eigenvalue weighted by Crippen LogP contribution is -2.48. The van der Waals surface area contributed by atoms with Crippen molar-refractivity contribution in [2.24, 2.45) is 0 Å². The van der Waals surface area contributed by atoms with E-state index < -0.39 is 10.0 Å². The maximum atomic E-state index is 13.3. The van der Waals surface area contributed by atoms with Crippen molar-refractivity contribution in [3.8, 4) is 0 Å². The van der Waals surface area contributed by atoms with E-state index in [1.54, 1.807) is 30.5 Å². The second-order valence-electron chi connectivity index (χ2n) is 6.64. The van der Waals surface area contributed by atoms with E-state index in [2.05, 4.69) is 9.88 Å². The standard InChI is InChI=1S/C20H20FN3O2S/c21-18-7-1-4-16(14-18)15-23-10-12-24(13-11-23)27(25,26)19-8-2-5-17-6-3-9-22-20(17)19/h1-9,14H,10-13,15H2. The molecule has 0 radical (unpaired) electrons. The van der Waals surface area contributed by atoms with Crippen LogP contribution in [0.5, 0.6) is 0 Å². The molecule has 0 amide bonds. The van der Waals surface area contributed by atoms with E-state index in [1.807, 2.05) is 18.2 Å². The quantitative estimate of drug-likeness (QED) is 0.693. The number of halogens is 1. The Morgan fingerprint density at radius 2 is 1.70 bits per heavy atom. The Balaban J connectivity index is 1.50. The Kier molecular flexibility index (Phi) is 4.90. The van der Waals surface area contributed by atoms with Gasteiger partial charge in [0, 0.05) is 44.3 Å². The summed E-state index contributed by atoms with van der Waals surface area (Å²) in [6.45, 7) is 2.63. The average molecular weight is 385 g/mol. The first kappa shape index (κ1) is 18.0. The fraction of sp³-hybridized carbons (Fsp3) is 0.250. The van der Waals surface area contributed by atoms with E-state index in [-0.39, 0.29) is 10.7 Å². The fourth-order valence-electron chi connectivity index (χ4n) is 3.44. The van der Waals surface area contributed by atoms with E-state index in [9.17, 15) is 12.8 Å². The SMILES string of the molecule is O=S(=O)(c1cccc2cccnc12)N1CCN(Cc2cccc(F)c2)CC1. The number of sulfonamides is 1. The summed E-state index contributed by atoms with van der Waals surface area (Å²) in [6.07, 6.45) is 1.61. The van der Waals surface area contributed by atoms with Crippen LogP contribution in [-0.4, -0.2) is 48.8 Å². The maximum absolute atomic E-state index is 13.3. The molecule has 1 saturated heterocycles. The molecule has 2 heterocycles. The van der Waals surface area contributed by atoms with Gasteiger partial charge < -0.3 is 0 Å². The summed E-state index contributed by atoms with van der Waals surface area (Å²) < 4.78 is 41.1. The minimum Gasteiger partial charge on any atom is -0.296 e. The molecule has 0 atom stereocenters. The van der Waals surface area contributed by atoms with Crippen molar-refractivity contribution in [2.75, 3.05) is 26.2 Å². The third-order valence-corrected chi connectivity index (χ3v) is 6.77. The number of pyridine rings is 1. The molecule has 0 bridgehead atoms. The molecule has 3 aromatic rings. The maximum Gasteiger partial charge on any atom is 0.245 e. The first-order chi connectivity index (χ1) is 13.0. The Morgan fingerprint density at radius 1 is 0.963 bits per heavy atom. The van der Waals surface area contributed by atoms with Gasteiger partial charge in [0.1, 0.15) is 10.7 Å². The van der Waals surface area contributed by atoms with Crippen LogP contribution < -0.4 is 0 Å². The summed E-state index contributed by atoms with van der Waals surface area (Å²) in [7, 11) is -3.61. The summed E-state index contributed by atoms with van der Waals surface area (Å²) in [5, 5.41) is 0.809.